The largest absolute Gasteiger partial charge is 0.311 e. The summed E-state index contributed by atoms with van der Waals surface area (Å²) in [7, 11) is 0. The molecule has 0 spiro atoms. The van der Waals surface area contributed by atoms with Crippen molar-refractivity contribution in [3.63, 3.8) is 0 Å². The van der Waals surface area contributed by atoms with E-state index in [9.17, 15) is 4.39 Å². The molecule has 1 atom stereocenters. The second-order valence-electron chi connectivity index (χ2n) is 4.35. The molecule has 0 amide bonds. The van der Waals surface area contributed by atoms with Gasteiger partial charge in [-0.25, -0.2) is 4.39 Å². The van der Waals surface area contributed by atoms with Crippen molar-refractivity contribution in [1.29, 1.82) is 0 Å². The van der Waals surface area contributed by atoms with Crippen LogP contribution < -0.4 is 5.32 Å². The van der Waals surface area contributed by atoms with Gasteiger partial charge in [-0.1, -0.05) is 13.8 Å². The lowest BCUT2D eigenvalue weighted by Gasteiger charge is -2.48. The van der Waals surface area contributed by atoms with E-state index in [0.29, 0.717) is 12.6 Å². The Kier molecular flexibility index (Phi) is 4.32. The van der Waals surface area contributed by atoms with Crippen LogP contribution in [0.2, 0.25) is 0 Å². The summed E-state index contributed by atoms with van der Waals surface area (Å²) < 4.78 is 12.5. The summed E-state index contributed by atoms with van der Waals surface area (Å²) in [4.78, 5) is 2.33. The van der Waals surface area contributed by atoms with Crippen molar-refractivity contribution >= 4 is 0 Å². The van der Waals surface area contributed by atoms with Crippen LogP contribution in [0.15, 0.2) is 0 Å². The third-order valence-corrected chi connectivity index (χ3v) is 3.62. The average Bonchev–Trinajstić information content (AvgIpc) is 2.20. The normalized spacial score (nSPS) is 27.9. The van der Waals surface area contributed by atoms with Crippen LogP contribution in [0.25, 0.3) is 0 Å². The molecule has 1 aliphatic heterocycles. The number of rotatable bonds is 4. The van der Waals surface area contributed by atoms with Crippen molar-refractivity contribution in [3.8, 4) is 0 Å². The van der Waals surface area contributed by atoms with Crippen molar-refractivity contribution < 1.29 is 4.39 Å². The average molecular weight is 202 g/mol. The number of nitrogens with one attached hydrogen (secondary N) is 1. The lowest BCUT2D eigenvalue weighted by molar-refractivity contribution is 0.0304. The fraction of sp³-hybridized carbons (Fsp3) is 1.00. The van der Waals surface area contributed by atoms with Gasteiger partial charge in [-0.3, -0.25) is 4.90 Å². The minimum Gasteiger partial charge on any atom is -0.311 e. The molecule has 0 radical (unpaired) electrons. The summed E-state index contributed by atoms with van der Waals surface area (Å²) in [6.07, 6.45) is 2.20. The number of alkyl halides is 1. The molecule has 1 N–H and O–H groups in total. The van der Waals surface area contributed by atoms with Gasteiger partial charge >= 0.3 is 0 Å². The van der Waals surface area contributed by atoms with Gasteiger partial charge in [0.05, 0.1) is 0 Å². The predicted octanol–water partition coefficient (Wildman–Crippen LogP) is 1.81. The van der Waals surface area contributed by atoms with Gasteiger partial charge in [0, 0.05) is 31.2 Å². The van der Waals surface area contributed by atoms with Crippen LogP contribution in [-0.2, 0) is 0 Å². The van der Waals surface area contributed by atoms with Gasteiger partial charge in [-0.2, -0.15) is 0 Å². The topological polar surface area (TPSA) is 15.3 Å². The van der Waals surface area contributed by atoms with Crippen LogP contribution in [0.5, 0.6) is 0 Å². The Bertz CT molecular complexity index is 169. The van der Waals surface area contributed by atoms with E-state index in [2.05, 4.69) is 31.0 Å². The molecule has 2 nitrogen and oxygen atoms in total. The second-order valence-corrected chi connectivity index (χ2v) is 4.35. The first-order valence-corrected chi connectivity index (χ1v) is 5.73. The lowest BCUT2D eigenvalue weighted by Crippen LogP contribution is -2.63. The van der Waals surface area contributed by atoms with Crippen molar-refractivity contribution in [1.82, 2.24) is 10.2 Å². The van der Waals surface area contributed by atoms with Crippen LogP contribution in [0.1, 0.15) is 33.6 Å². The Balaban J connectivity index is 2.69. The molecule has 1 saturated heterocycles. The monoisotopic (exact) mass is 202 g/mol. The van der Waals surface area contributed by atoms with E-state index in [4.69, 9.17) is 0 Å². The molecule has 1 fully saturated rings. The third-order valence-electron chi connectivity index (χ3n) is 3.62. The summed E-state index contributed by atoms with van der Waals surface area (Å²) in [6, 6.07) is 0.493. The highest BCUT2D eigenvalue weighted by atomic mass is 19.1. The summed E-state index contributed by atoms with van der Waals surface area (Å²) in [5.74, 6) is 0. The maximum absolute atomic E-state index is 12.5. The molecule has 0 saturated carbocycles. The number of halogens is 1. The quantitative estimate of drug-likeness (QED) is 0.748. The molecule has 1 rings (SSSR count). The minimum atomic E-state index is -0.228. The van der Waals surface area contributed by atoms with Crippen molar-refractivity contribution in [2.75, 3.05) is 26.3 Å². The molecule has 1 aliphatic rings. The maximum Gasteiger partial charge on any atom is 0.102 e. The molecule has 0 aliphatic carbocycles. The van der Waals surface area contributed by atoms with E-state index in [0.717, 1.165) is 25.9 Å². The third kappa shape index (κ3) is 2.26. The van der Waals surface area contributed by atoms with Gasteiger partial charge < -0.3 is 5.32 Å². The molecule has 1 heterocycles. The van der Waals surface area contributed by atoms with Gasteiger partial charge in [0.15, 0.2) is 0 Å². The number of hydrogen-bond acceptors (Lipinski definition) is 2. The molecular weight excluding hydrogens is 179 g/mol. The van der Waals surface area contributed by atoms with Crippen molar-refractivity contribution in [2.45, 2.75) is 45.2 Å². The fourth-order valence-electron chi connectivity index (χ4n) is 2.44. The zero-order valence-corrected chi connectivity index (χ0v) is 9.65. The first kappa shape index (κ1) is 11.9. The summed E-state index contributed by atoms with van der Waals surface area (Å²) in [5.41, 5.74) is 0.193. The Morgan fingerprint density at radius 3 is 2.57 bits per heavy atom. The van der Waals surface area contributed by atoms with E-state index in [1.54, 1.807) is 0 Å². The van der Waals surface area contributed by atoms with E-state index >= 15 is 0 Å². The Morgan fingerprint density at radius 1 is 1.43 bits per heavy atom. The Hall–Kier alpha value is -0.150. The molecular formula is C11H23FN2. The van der Waals surface area contributed by atoms with Gasteiger partial charge in [-0.05, 0) is 19.8 Å². The highest BCUT2D eigenvalue weighted by molar-refractivity contribution is 4.96. The number of hydrogen-bond donors (Lipinski definition) is 1. The minimum absolute atomic E-state index is 0.193. The highest BCUT2D eigenvalue weighted by Gasteiger charge is 2.37. The van der Waals surface area contributed by atoms with Crippen LogP contribution >= 0.6 is 0 Å². The van der Waals surface area contributed by atoms with Crippen molar-refractivity contribution in [3.05, 3.63) is 0 Å². The highest BCUT2D eigenvalue weighted by Crippen LogP contribution is 2.26. The number of nitrogens with zero attached hydrogens (tertiary/aromatic N) is 1. The van der Waals surface area contributed by atoms with Crippen molar-refractivity contribution in [2.24, 2.45) is 0 Å². The van der Waals surface area contributed by atoms with E-state index in [-0.39, 0.29) is 12.2 Å². The first-order chi connectivity index (χ1) is 6.68. The van der Waals surface area contributed by atoms with Gasteiger partial charge in [0.25, 0.3) is 0 Å². The smallest absolute Gasteiger partial charge is 0.102 e. The van der Waals surface area contributed by atoms with Crippen LogP contribution in [-0.4, -0.2) is 42.8 Å². The zero-order valence-electron chi connectivity index (χ0n) is 9.65. The molecule has 1 unspecified atom stereocenters. The Labute approximate surface area is 86.9 Å². The maximum atomic E-state index is 12.5. The van der Waals surface area contributed by atoms with E-state index in [1.807, 2.05) is 0 Å². The van der Waals surface area contributed by atoms with E-state index < -0.39 is 0 Å². The second kappa shape index (κ2) is 5.08. The standard InChI is InChI=1S/C11H23FN2/c1-4-11(5-2)9-13-10(3)8-14(11)7-6-12/h10,13H,4-9H2,1-3H3. The van der Waals surface area contributed by atoms with Gasteiger partial charge in [-0.15, -0.1) is 0 Å². The molecule has 0 aromatic heterocycles. The molecule has 0 aromatic carbocycles. The molecule has 84 valence electrons. The van der Waals surface area contributed by atoms with Crippen LogP contribution in [0.4, 0.5) is 4.39 Å². The van der Waals surface area contributed by atoms with Gasteiger partial charge in [0.1, 0.15) is 6.67 Å². The summed E-state index contributed by atoms with van der Waals surface area (Å²) in [6.45, 7) is 8.91. The zero-order chi connectivity index (χ0) is 10.6. The fourth-order valence-corrected chi connectivity index (χ4v) is 2.44. The summed E-state index contributed by atoms with van der Waals surface area (Å²) in [5, 5.41) is 3.50. The molecule has 0 aromatic rings. The first-order valence-electron chi connectivity index (χ1n) is 5.73. The molecule has 14 heavy (non-hydrogen) atoms. The Morgan fingerprint density at radius 2 is 2.07 bits per heavy atom. The van der Waals surface area contributed by atoms with Crippen LogP contribution in [0, 0.1) is 0 Å². The summed E-state index contributed by atoms with van der Waals surface area (Å²) >= 11 is 0. The predicted molar refractivity (Wildman–Crippen MR) is 58.3 cm³/mol. The van der Waals surface area contributed by atoms with Crippen LogP contribution in [0.3, 0.4) is 0 Å². The molecule has 3 heteroatoms. The lowest BCUT2D eigenvalue weighted by atomic mass is 9.87. The van der Waals surface area contributed by atoms with Gasteiger partial charge in [0.2, 0.25) is 0 Å². The molecule has 0 bridgehead atoms. The SMILES string of the molecule is CCC1(CC)CNC(C)CN1CCF. The number of piperazine rings is 1. The van der Waals surface area contributed by atoms with E-state index in [1.165, 1.54) is 0 Å².